The molecule has 0 saturated carbocycles. The molecule has 2 unspecified atom stereocenters. The van der Waals surface area contributed by atoms with Crippen molar-refractivity contribution in [3.05, 3.63) is 0 Å². The van der Waals surface area contributed by atoms with E-state index in [0.29, 0.717) is 25.3 Å². The molecule has 0 aromatic carbocycles. The molecule has 1 aliphatic heterocycles. The van der Waals surface area contributed by atoms with E-state index in [4.69, 9.17) is 9.47 Å². The second-order valence-corrected chi connectivity index (χ2v) is 6.04. The molecule has 1 heterocycles. The van der Waals surface area contributed by atoms with Crippen molar-refractivity contribution in [3.8, 4) is 0 Å². The molecule has 2 atom stereocenters. The molecule has 0 aliphatic carbocycles. The Balaban J connectivity index is 2.15. The monoisotopic (exact) mass is 272 g/mol. The normalized spacial score (nSPS) is 25.1. The van der Waals surface area contributed by atoms with Crippen molar-refractivity contribution in [3.63, 3.8) is 0 Å². The van der Waals surface area contributed by atoms with Gasteiger partial charge in [-0.3, -0.25) is 4.90 Å². The van der Waals surface area contributed by atoms with E-state index in [9.17, 15) is 0 Å². The van der Waals surface area contributed by atoms with Gasteiger partial charge in [0.25, 0.3) is 0 Å². The zero-order valence-corrected chi connectivity index (χ0v) is 13.2. The highest BCUT2D eigenvalue weighted by Crippen LogP contribution is 2.13. The average Bonchev–Trinajstić information content (AvgIpc) is 2.36. The fourth-order valence-electron chi connectivity index (χ4n) is 2.65. The number of hydrogen-bond donors (Lipinski definition) is 1. The first kappa shape index (κ1) is 16.9. The lowest BCUT2D eigenvalue weighted by molar-refractivity contribution is 0.0584. The van der Waals surface area contributed by atoms with Gasteiger partial charge in [-0.25, -0.2) is 0 Å². The lowest BCUT2D eigenvalue weighted by Crippen LogP contribution is -2.55. The van der Waals surface area contributed by atoms with Gasteiger partial charge in [0.05, 0.1) is 13.2 Å². The lowest BCUT2D eigenvalue weighted by atomic mass is 10.00. The minimum absolute atomic E-state index is 0.641. The van der Waals surface area contributed by atoms with Gasteiger partial charge in [0, 0.05) is 45.4 Å². The van der Waals surface area contributed by atoms with Gasteiger partial charge in [-0.05, 0) is 25.7 Å². The summed E-state index contributed by atoms with van der Waals surface area (Å²) in [6.45, 7) is 12.6. The van der Waals surface area contributed by atoms with E-state index in [-0.39, 0.29) is 0 Å². The van der Waals surface area contributed by atoms with Crippen LogP contribution >= 0.6 is 0 Å². The first-order valence-corrected chi connectivity index (χ1v) is 7.67. The van der Waals surface area contributed by atoms with Crippen LogP contribution < -0.4 is 5.32 Å². The highest BCUT2D eigenvalue weighted by atomic mass is 16.5. The molecule has 0 aromatic rings. The molecule has 0 amide bonds. The minimum Gasteiger partial charge on any atom is -0.382 e. The van der Waals surface area contributed by atoms with Crippen molar-refractivity contribution in [2.24, 2.45) is 5.92 Å². The molecule has 1 saturated heterocycles. The van der Waals surface area contributed by atoms with Crippen LogP contribution in [0.1, 0.15) is 33.6 Å². The highest BCUT2D eigenvalue weighted by molar-refractivity contribution is 4.84. The van der Waals surface area contributed by atoms with Crippen molar-refractivity contribution >= 4 is 0 Å². The maximum absolute atomic E-state index is 5.52. The number of nitrogens with zero attached hydrogens (tertiary/aromatic N) is 1. The maximum atomic E-state index is 5.52. The third kappa shape index (κ3) is 7.25. The fraction of sp³-hybridized carbons (Fsp3) is 1.00. The second kappa shape index (κ2) is 9.70. The summed E-state index contributed by atoms with van der Waals surface area (Å²) in [4.78, 5) is 2.60. The van der Waals surface area contributed by atoms with Crippen LogP contribution in [-0.4, -0.2) is 63.5 Å². The molecule has 0 spiro atoms. The molecular formula is C15H32N2O2. The Bertz CT molecular complexity index is 224. The Morgan fingerprint density at radius 3 is 2.74 bits per heavy atom. The second-order valence-electron chi connectivity index (χ2n) is 6.04. The summed E-state index contributed by atoms with van der Waals surface area (Å²) in [6, 6.07) is 1.30. The van der Waals surface area contributed by atoms with Crippen molar-refractivity contribution in [2.75, 3.05) is 46.6 Å². The Morgan fingerprint density at radius 1 is 1.26 bits per heavy atom. The summed E-state index contributed by atoms with van der Waals surface area (Å²) in [5.74, 6) is 0.769. The van der Waals surface area contributed by atoms with Gasteiger partial charge in [-0.1, -0.05) is 13.8 Å². The number of piperazine rings is 1. The van der Waals surface area contributed by atoms with Crippen LogP contribution in [0.25, 0.3) is 0 Å². The van der Waals surface area contributed by atoms with Gasteiger partial charge in [-0.2, -0.15) is 0 Å². The molecular weight excluding hydrogens is 240 g/mol. The Morgan fingerprint density at radius 2 is 2.05 bits per heavy atom. The maximum Gasteiger partial charge on any atom is 0.0700 e. The Hall–Kier alpha value is -0.160. The van der Waals surface area contributed by atoms with Gasteiger partial charge in [0.2, 0.25) is 0 Å². The summed E-state index contributed by atoms with van der Waals surface area (Å²) in [5, 5.41) is 3.66. The van der Waals surface area contributed by atoms with Crippen molar-refractivity contribution in [1.29, 1.82) is 0 Å². The lowest BCUT2D eigenvalue weighted by Gasteiger charge is -2.39. The van der Waals surface area contributed by atoms with Crippen molar-refractivity contribution in [2.45, 2.75) is 45.7 Å². The van der Waals surface area contributed by atoms with E-state index >= 15 is 0 Å². The fourth-order valence-corrected chi connectivity index (χ4v) is 2.65. The summed E-state index contributed by atoms with van der Waals surface area (Å²) < 4.78 is 10.5. The molecule has 1 fully saturated rings. The third-order valence-corrected chi connectivity index (χ3v) is 3.70. The van der Waals surface area contributed by atoms with Crippen molar-refractivity contribution < 1.29 is 9.47 Å². The van der Waals surface area contributed by atoms with Crippen LogP contribution in [0.3, 0.4) is 0 Å². The minimum atomic E-state index is 0.641. The van der Waals surface area contributed by atoms with Crippen LogP contribution in [0.2, 0.25) is 0 Å². The number of hydrogen-bond acceptors (Lipinski definition) is 4. The summed E-state index contributed by atoms with van der Waals surface area (Å²) >= 11 is 0. The molecule has 0 aromatic heterocycles. The number of methoxy groups -OCH3 is 1. The molecule has 1 rings (SSSR count). The Kier molecular flexibility index (Phi) is 8.62. The molecule has 4 heteroatoms. The smallest absolute Gasteiger partial charge is 0.0700 e. The first-order valence-electron chi connectivity index (χ1n) is 7.67. The predicted octanol–water partition coefficient (Wildman–Crippen LogP) is 1.75. The van der Waals surface area contributed by atoms with Gasteiger partial charge in [0.1, 0.15) is 0 Å². The Labute approximate surface area is 118 Å². The zero-order chi connectivity index (χ0) is 14.1. The largest absolute Gasteiger partial charge is 0.382 e. The van der Waals surface area contributed by atoms with E-state index < -0.39 is 0 Å². The third-order valence-electron chi connectivity index (χ3n) is 3.70. The van der Waals surface area contributed by atoms with Crippen LogP contribution in [0.15, 0.2) is 0 Å². The molecule has 0 bridgehead atoms. The summed E-state index contributed by atoms with van der Waals surface area (Å²) in [5.41, 5.74) is 0. The average molecular weight is 272 g/mol. The van der Waals surface area contributed by atoms with Crippen LogP contribution in [-0.2, 0) is 9.47 Å². The summed E-state index contributed by atoms with van der Waals surface area (Å²) in [6.07, 6.45) is 2.38. The zero-order valence-electron chi connectivity index (χ0n) is 13.2. The molecule has 4 nitrogen and oxygen atoms in total. The molecule has 19 heavy (non-hydrogen) atoms. The van der Waals surface area contributed by atoms with Crippen LogP contribution in [0.5, 0.6) is 0 Å². The van der Waals surface area contributed by atoms with E-state index in [1.165, 1.54) is 13.0 Å². The molecule has 0 radical (unpaired) electrons. The molecule has 1 aliphatic rings. The standard InChI is InChI=1S/C15H32N2O2/c1-13(2)10-15-12-17(14(3)11-16-15)6-5-7-19-9-8-18-4/h13-16H,5-12H2,1-4H3. The van der Waals surface area contributed by atoms with Gasteiger partial charge >= 0.3 is 0 Å². The number of nitrogens with one attached hydrogen (secondary N) is 1. The van der Waals surface area contributed by atoms with Crippen LogP contribution in [0, 0.1) is 5.92 Å². The molecule has 1 N–H and O–H groups in total. The predicted molar refractivity (Wildman–Crippen MR) is 79.6 cm³/mol. The van der Waals surface area contributed by atoms with E-state index in [2.05, 4.69) is 31.0 Å². The van der Waals surface area contributed by atoms with Crippen molar-refractivity contribution in [1.82, 2.24) is 10.2 Å². The van der Waals surface area contributed by atoms with Gasteiger partial charge in [0.15, 0.2) is 0 Å². The highest BCUT2D eigenvalue weighted by Gasteiger charge is 2.24. The van der Waals surface area contributed by atoms with Crippen LogP contribution in [0.4, 0.5) is 0 Å². The topological polar surface area (TPSA) is 33.7 Å². The quantitative estimate of drug-likeness (QED) is 0.648. The van der Waals surface area contributed by atoms with E-state index in [1.807, 2.05) is 0 Å². The van der Waals surface area contributed by atoms with E-state index in [0.717, 1.165) is 32.0 Å². The van der Waals surface area contributed by atoms with Gasteiger partial charge < -0.3 is 14.8 Å². The van der Waals surface area contributed by atoms with E-state index in [1.54, 1.807) is 7.11 Å². The number of rotatable bonds is 9. The first-order chi connectivity index (χ1) is 9.13. The summed E-state index contributed by atoms with van der Waals surface area (Å²) in [7, 11) is 1.71. The molecule has 114 valence electrons. The van der Waals surface area contributed by atoms with Gasteiger partial charge in [-0.15, -0.1) is 0 Å². The SMILES string of the molecule is COCCOCCCN1CC(CC(C)C)NCC1C. The number of ether oxygens (including phenoxy) is 2.